The molecule has 0 rings (SSSR count). The molecule has 0 aromatic rings. The molecule has 0 fully saturated rings. The molecule has 4 unspecified atom stereocenters. The van der Waals surface area contributed by atoms with Crippen molar-refractivity contribution in [1.29, 1.82) is 0 Å². The van der Waals surface area contributed by atoms with E-state index in [1.807, 2.05) is 6.92 Å². The second-order valence-corrected chi connectivity index (χ2v) is 10.6. The predicted molar refractivity (Wildman–Crippen MR) is 154 cm³/mol. The molecule has 0 bridgehead atoms. The standard InChI is InChI=1S/C30H57N3O5/c1-7-11-15-19-23(5)27(34)31-24(20-16-12-8-2)28(35)32-25(21-17-13-9-3)29(36)33-26(30(37)38-6)22-18-14-10-4/h23-26H,7-22H2,1-6H3,(H,31,34)(H,32,35)(H,33,36). The molecule has 222 valence electrons. The van der Waals surface area contributed by atoms with E-state index in [4.69, 9.17) is 4.74 Å². The Kier molecular flexibility index (Phi) is 21.6. The number of unbranched alkanes of at least 4 members (excludes halogenated alkanes) is 8. The van der Waals surface area contributed by atoms with Gasteiger partial charge in [0.15, 0.2) is 0 Å². The summed E-state index contributed by atoms with van der Waals surface area (Å²) < 4.78 is 4.91. The van der Waals surface area contributed by atoms with Crippen LogP contribution in [0, 0.1) is 5.92 Å². The second-order valence-electron chi connectivity index (χ2n) is 10.6. The summed E-state index contributed by atoms with van der Waals surface area (Å²) in [5, 5.41) is 8.69. The van der Waals surface area contributed by atoms with Crippen LogP contribution in [0.4, 0.5) is 0 Å². The molecule has 0 spiro atoms. The van der Waals surface area contributed by atoms with Crippen molar-refractivity contribution < 1.29 is 23.9 Å². The fraction of sp³-hybridized carbons (Fsp3) is 0.867. The first kappa shape index (κ1) is 35.9. The minimum absolute atomic E-state index is 0.119. The maximum Gasteiger partial charge on any atom is 0.328 e. The van der Waals surface area contributed by atoms with E-state index in [1.165, 1.54) is 7.11 Å². The smallest absolute Gasteiger partial charge is 0.328 e. The van der Waals surface area contributed by atoms with Crippen molar-refractivity contribution in [3.05, 3.63) is 0 Å². The van der Waals surface area contributed by atoms with Crippen LogP contribution in [-0.2, 0) is 23.9 Å². The number of methoxy groups -OCH3 is 1. The van der Waals surface area contributed by atoms with Gasteiger partial charge in [-0.2, -0.15) is 0 Å². The average Bonchev–Trinajstić information content (AvgIpc) is 2.90. The van der Waals surface area contributed by atoms with Crippen LogP contribution in [0.15, 0.2) is 0 Å². The summed E-state index contributed by atoms with van der Waals surface area (Å²) in [5.74, 6) is -1.49. The lowest BCUT2D eigenvalue weighted by molar-refractivity contribution is -0.145. The van der Waals surface area contributed by atoms with Crippen LogP contribution in [0.5, 0.6) is 0 Å². The SMILES string of the molecule is CCCCCC(C)C(=O)NC(CCCCC)C(=O)NC(CCCCC)C(=O)NC(CCCCC)C(=O)OC. The van der Waals surface area contributed by atoms with E-state index in [0.717, 1.165) is 83.5 Å². The molecule has 0 aliphatic carbocycles. The summed E-state index contributed by atoms with van der Waals surface area (Å²) in [7, 11) is 1.31. The number of esters is 1. The van der Waals surface area contributed by atoms with Crippen molar-refractivity contribution in [3.8, 4) is 0 Å². The number of carbonyl (C=O) groups is 4. The summed E-state index contributed by atoms with van der Waals surface area (Å²) in [4.78, 5) is 51.8. The number of hydrogen-bond donors (Lipinski definition) is 3. The van der Waals surface area contributed by atoms with Gasteiger partial charge in [0.25, 0.3) is 0 Å². The maximum absolute atomic E-state index is 13.4. The summed E-state index contributed by atoms with van der Waals surface area (Å²) in [6, 6.07) is -2.21. The Labute approximate surface area is 232 Å². The van der Waals surface area contributed by atoms with Crippen molar-refractivity contribution in [3.63, 3.8) is 0 Å². The number of rotatable bonds is 23. The van der Waals surface area contributed by atoms with Crippen LogP contribution in [0.3, 0.4) is 0 Å². The predicted octanol–water partition coefficient (Wildman–Crippen LogP) is 5.57. The number of ether oxygens (including phenoxy) is 1. The van der Waals surface area contributed by atoms with Crippen LogP contribution >= 0.6 is 0 Å². The lowest BCUT2D eigenvalue weighted by Crippen LogP contribution is -2.56. The van der Waals surface area contributed by atoms with Crippen molar-refractivity contribution in [2.24, 2.45) is 5.92 Å². The van der Waals surface area contributed by atoms with E-state index >= 15 is 0 Å². The molecule has 0 aliphatic rings. The first-order valence-electron chi connectivity index (χ1n) is 15.2. The maximum atomic E-state index is 13.4. The van der Waals surface area contributed by atoms with Gasteiger partial charge in [0.1, 0.15) is 18.1 Å². The van der Waals surface area contributed by atoms with Crippen molar-refractivity contribution in [1.82, 2.24) is 16.0 Å². The van der Waals surface area contributed by atoms with Gasteiger partial charge in [0.2, 0.25) is 17.7 Å². The van der Waals surface area contributed by atoms with E-state index < -0.39 is 24.1 Å². The van der Waals surface area contributed by atoms with Gasteiger partial charge in [-0.1, -0.05) is 112 Å². The topological polar surface area (TPSA) is 114 Å². The summed E-state index contributed by atoms with van der Waals surface area (Å²) in [6.45, 7) is 10.3. The van der Waals surface area contributed by atoms with Gasteiger partial charge in [-0.25, -0.2) is 4.79 Å². The highest BCUT2D eigenvalue weighted by Crippen LogP contribution is 2.13. The Morgan fingerprint density at radius 2 is 0.868 bits per heavy atom. The normalized spacial score (nSPS) is 14.2. The second kappa shape index (κ2) is 22.8. The first-order valence-corrected chi connectivity index (χ1v) is 15.2. The molecule has 0 aromatic heterocycles. The van der Waals surface area contributed by atoms with Gasteiger partial charge in [-0.3, -0.25) is 14.4 Å². The summed E-state index contributed by atoms with van der Waals surface area (Å²) >= 11 is 0. The van der Waals surface area contributed by atoms with E-state index in [0.29, 0.717) is 19.3 Å². The van der Waals surface area contributed by atoms with Crippen LogP contribution in [0.1, 0.15) is 137 Å². The number of carbonyl (C=O) groups excluding carboxylic acids is 4. The number of hydrogen-bond acceptors (Lipinski definition) is 5. The van der Waals surface area contributed by atoms with Crippen LogP contribution < -0.4 is 16.0 Å². The third-order valence-electron chi connectivity index (χ3n) is 7.05. The molecule has 0 radical (unpaired) electrons. The lowest BCUT2D eigenvalue weighted by atomic mass is 10.0. The van der Waals surface area contributed by atoms with E-state index in [2.05, 4.69) is 43.6 Å². The first-order chi connectivity index (χ1) is 18.2. The molecule has 8 heteroatoms. The van der Waals surface area contributed by atoms with Crippen molar-refractivity contribution in [2.75, 3.05) is 7.11 Å². The molecule has 0 aromatic carbocycles. The monoisotopic (exact) mass is 539 g/mol. The van der Waals surface area contributed by atoms with E-state index in [-0.39, 0.29) is 23.6 Å². The Balaban J connectivity index is 5.51. The van der Waals surface area contributed by atoms with E-state index in [9.17, 15) is 19.2 Å². The largest absolute Gasteiger partial charge is 0.467 e. The highest BCUT2D eigenvalue weighted by atomic mass is 16.5. The van der Waals surface area contributed by atoms with Crippen molar-refractivity contribution in [2.45, 2.75) is 155 Å². The van der Waals surface area contributed by atoms with Gasteiger partial charge in [0, 0.05) is 5.92 Å². The fourth-order valence-corrected chi connectivity index (χ4v) is 4.41. The lowest BCUT2D eigenvalue weighted by Gasteiger charge is -2.26. The quantitative estimate of drug-likeness (QED) is 0.116. The molecule has 8 nitrogen and oxygen atoms in total. The molecule has 0 heterocycles. The van der Waals surface area contributed by atoms with Crippen LogP contribution in [-0.4, -0.2) is 48.9 Å². The molecule has 3 amide bonds. The molecule has 4 atom stereocenters. The molecular weight excluding hydrogens is 482 g/mol. The zero-order valence-electron chi connectivity index (χ0n) is 25.2. The summed E-state index contributed by atoms with van der Waals surface area (Å²) in [5.41, 5.74) is 0. The minimum atomic E-state index is -0.778. The van der Waals surface area contributed by atoms with Gasteiger partial charge in [0.05, 0.1) is 7.11 Å². The Morgan fingerprint density at radius 3 is 1.26 bits per heavy atom. The van der Waals surface area contributed by atoms with Crippen molar-refractivity contribution >= 4 is 23.7 Å². The fourth-order valence-electron chi connectivity index (χ4n) is 4.41. The van der Waals surface area contributed by atoms with Gasteiger partial charge >= 0.3 is 5.97 Å². The molecule has 0 aliphatic heterocycles. The third-order valence-corrected chi connectivity index (χ3v) is 7.05. The van der Waals surface area contributed by atoms with E-state index in [1.54, 1.807) is 0 Å². The summed E-state index contributed by atoms with van der Waals surface area (Å²) in [6.07, 6.45) is 13.7. The third kappa shape index (κ3) is 16.0. The molecule has 0 saturated carbocycles. The Morgan fingerprint density at radius 1 is 0.526 bits per heavy atom. The zero-order valence-corrected chi connectivity index (χ0v) is 25.2. The zero-order chi connectivity index (χ0) is 28.8. The molecule has 0 saturated heterocycles. The van der Waals surface area contributed by atoms with Gasteiger partial charge < -0.3 is 20.7 Å². The highest BCUT2D eigenvalue weighted by molar-refractivity contribution is 5.93. The number of amides is 3. The van der Waals surface area contributed by atoms with Gasteiger partial charge in [-0.05, 0) is 25.7 Å². The Bertz CT molecular complexity index is 670. The highest BCUT2D eigenvalue weighted by Gasteiger charge is 2.30. The van der Waals surface area contributed by atoms with Crippen LogP contribution in [0.2, 0.25) is 0 Å². The average molecular weight is 540 g/mol. The molecule has 38 heavy (non-hydrogen) atoms. The van der Waals surface area contributed by atoms with Gasteiger partial charge in [-0.15, -0.1) is 0 Å². The molecule has 3 N–H and O–H groups in total. The Hall–Kier alpha value is -2.12. The van der Waals surface area contributed by atoms with Crippen LogP contribution in [0.25, 0.3) is 0 Å². The minimum Gasteiger partial charge on any atom is -0.467 e. The molecular formula is C30H57N3O5. The number of nitrogens with one attached hydrogen (secondary N) is 3.